The number of nitrogens with zero attached hydrogens (tertiary/aromatic N) is 2. The Morgan fingerprint density at radius 1 is 1.23 bits per heavy atom. The predicted molar refractivity (Wildman–Crippen MR) is 113 cm³/mol. The maximum absolute atomic E-state index is 10.0. The quantitative estimate of drug-likeness (QED) is 0.302. The second-order valence-corrected chi connectivity index (χ2v) is 9.32. The molecule has 132 valence electrons. The second kappa shape index (κ2) is 7.05. The van der Waals surface area contributed by atoms with Crippen molar-refractivity contribution in [1.82, 2.24) is 0 Å². The van der Waals surface area contributed by atoms with Gasteiger partial charge >= 0.3 is 0 Å². The topological polar surface area (TPSA) is 47.6 Å². The highest BCUT2D eigenvalue weighted by Gasteiger charge is 2.53. The van der Waals surface area contributed by atoms with Gasteiger partial charge in [0.1, 0.15) is 0 Å². The van der Waals surface area contributed by atoms with Gasteiger partial charge in [0.2, 0.25) is 0 Å². The Bertz CT molecular complexity index is 852. The summed E-state index contributed by atoms with van der Waals surface area (Å²) in [4.78, 5) is 0. The number of alkyl halides is 1. The summed E-state index contributed by atoms with van der Waals surface area (Å²) < 4.78 is -0.297. The zero-order valence-electron chi connectivity index (χ0n) is 15.3. The van der Waals surface area contributed by atoms with Crippen LogP contribution in [0.3, 0.4) is 0 Å². The minimum atomic E-state index is -1.08. The Labute approximate surface area is 170 Å². The maximum Gasteiger partial charge on any atom is 0.168 e. The number of benzene rings is 1. The van der Waals surface area contributed by atoms with Gasteiger partial charge in [0.25, 0.3) is 0 Å². The van der Waals surface area contributed by atoms with Crippen LogP contribution in [0.15, 0.2) is 65.8 Å². The highest BCUT2D eigenvalue weighted by molar-refractivity contribution is 14.1. The van der Waals surface area contributed by atoms with Crippen molar-refractivity contribution < 1.29 is 0 Å². The van der Waals surface area contributed by atoms with E-state index in [1.165, 1.54) is 11.1 Å². The van der Waals surface area contributed by atoms with Crippen LogP contribution < -0.4 is 0 Å². The summed E-state index contributed by atoms with van der Waals surface area (Å²) in [5, 5.41) is 20.0. The molecule has 2 aliphatic carbocycles. The molecule has 3 rings (SSSR count). The van der Waals surface area contributed by atoms with E-state index in [-0.39, 0.29) is 15.3 Å². The summed E-state index contributed by atoms with van der Waals surface area (Å²) in [6.45, 7) is 8.46. The van der Waals surface area contributed by atoms with Crippen LogP contribution in [0.4, 0.5) is 0 Å². The van der Waals surface area contributed by atoms with E-state index in [2.05, 4.69) is 85.5 Å². The Balaban J connectivity index is 2.33. The normalized spacial score (nSPS) is 29.9. The van der Waals surface area contributed by atoms with Crippen LogP contribution in [0.1, 0.15) is 38.7 Å². The summed E-state index contributed by atoms with van der Waals surface area (Å²) >= 11 is 2.54. The van der Waals surface area contributed by atoms with Gasteiger partial charge in [-0.25, -0.2) is 0 Å². The largest absolute Gasteiger partial charge is 0.196 e. The number of hydrogen-bond acceptors (Lipinski definition) is 2. The Morgan fingerprint density at radius 3 is 2.46 bits per heavy atom. The smallest absolute Gasteiger partial charge is 0.168 e. The van der Waals surface area contributed by atoms with Gasteiger partial charge < -0.3 is 0 Å². The molecule has 0 saturated heterocycles. The Hall–Kier alpha value is -1.85. The van der Waals surface area contributed by atoms with E-state index < -0.39 is 5.41 Å². The van der Waals surface area contributed by atoms with Crippen LogP contribution in [-0.4, -0.2) is 0 Å². The molecule has 0 saturated carbocycles. The van der Waals surface area contributed by atoms with E-state index in [4.69, 9.17) is 0 Å². The zero-order valence-corrected chi connectivity index (χ0v) is 17.5. The lowest BCUT2D eigenvalue weighted by Gasteiger charge is -2.46. The van der Waals surface area contributed by atoms with E-state index >= 15 is 0 Å². The minimum absolute atomic E-state index is 0.0646. The number of hydrogen-bond donors (Lipinski definition) is 0. The summed E-state index contributed by atoms with van der Waals surface area (Å²) in [5.41, 5.74) is 3.51. The summed E-state index contributed by atoms with van der Waals surface area (Å²) in [6, 6.07) is 15.2. The van der Waals surface area contributed by atoms with Crippen LogP contribution in [0.25, 0.3) is 0 Å². The first-order chi connectivity index (χ1) is 12.4. The third-order valence-electron chi connectivity index (χ3n) is 5.93. The molecule has 26 heavy (non-hydrogen) atoms. The molecule has 0 spiro atoms. The van der Waals surface area contributed by atoms with Crippen LogP contribution in [-0.2, 0) is 3.42 Å². The molecule has 1 aromatic rings. The van der Waals surface area contributed by atoms with Gasteiger partial charge in [-0.3, -0.25) is 0 Å². The van der Waals surface area contributed by atoms with Gasteiger partial charge in [-0.2, -0.15) is 10.5 Å². The van der Waals surface area contributed by atoms with Crippen LogP contribution in [0, 0.1) is 39.9 Å². The standard InChI is InChI=1S/C23H23IN2/c1-16(2)19-11-10-17(3)20-21(19)23(24,18-8-5-4-6-9-18)13-7-12-22(20,14-25)15-26/h4-9,13,19,21H,1,10-12H2,2-3H3/t19?,21-,23-/m1/s1. The van der Waals surface area contributed by atoms with E-state index in [1.54, 1.807) is 0 Å². The van der Waals surface area contributed by atoms with E-state index in [0.717, 1.165) is 24.0 Å². The predicted octanol–water partition coefficient (Wildman–Crippen LogP) is 6.23. The summed E-state index contributed by atoms with van der Waals surface area (Å²) in [6.07, 6.45) is 6.66. The Morgan fingerprint density at radius 2 is 1.88 bits per heavy atom. The van der Waals surface area contributed by atoms with Gasteiger partial charge in [0.15, 0.2) is 5.41 Å². The average molecular weight is 454 g/mol. The zero-order chi connectivity index (χ0) is 18.9. The molecular weight excluding hydrogens is 431 g/mol. The fraction of sp³-hybridized carbons (Fsp3) is 0.391. The molecule has 0 aliphatic heterocycles. The molecule has 0 amide bonds. The van der Waals surface area contributed by atoms with E-state index in [9.17, 15) is 10.5 Å². The van der Waals surface area contributed by atoms with Crippen molar-refractivity contribution in [2.24, 2.45) is 17.3 Å². The van der Waals surface area contributed by atoms with Crippen molar-refractivity contribution >= 4 is 22.6 Å². The molecule has 0 N–H and O–H groups in total. The highest BCUT2D eigenvalue weighted by Crippen LogP contribution is 2.59. The van der Waals surface area contributed by atoms with Crippen molar-refractivity contribution in [1.29, 1.82) is 10.5 Å². The number of rotatable bonds is 2. The molecule has 0 radical (unpaired) electrons. The molecule has 0 bridgehead atoms. The lowest BCUT2D eigenvalue weighted by Crippen LogP contribution is -2.41. The van der Waals surface area contributed by atoms with E-state index in [1.807, 2.05) is 12.1 Å². The lowest BCUT2D eigenvalue weighted by molar-refractivity contribution is 0.312. The molecule has 0 heterocycles. The second-order valence-electron chi connectivity index (χ2n) is 7.53. The van der Waals surface area contributed by atoms with Crippen LogP contribution in [0.2, 0.25) is 0 Å². The fourth-order valence-corrected chi connectivity index (χ4v) is 5.99. The van der Waals surface area contributed by atoms with Crippen molar-refractivity contribution in [2.45, 2.75) is 36.5 Å². The third-order valence-corrected chi connectivity index (χ3v) is 7.58. The highest BCUT2D eigenvalue weighted by atomic mass is 127. The number of halogens is 1. The fourth-order valence-electron chi connectivity index (χ4n) is 4.63. The SMILES string of the molecule is C=C(C)C1CCC(C)=C2[C@@H]1[C@](I)(c1ccccc1)C=CCC2(C#N)C#N. The molecule has 2 aliphatic rings. The number of allylic oxidation sites excluding steroid dienone is 5. The molecule has 2 nitrogen and oxygen atoms in total. The molecule has 3 heteroatoms. The number of fused-ring (bicyclic) bond motifs is 1. The first-order valence-electron chi connectivity index (χ1n) is 9.00. The monoisotopic (exact) mass is 454 g/mol. The molecule has 3 atom stereocenters. The van der Waals surface area contributed by atoms with Crippen molar-refractivity contribution in [3.05, 3.63) is 71.3 Å². The third kappa shape index (κ3) is 2.83. The molecule has 1 unspecified atom stereocenters. The van der Waals surface area contributed by atoms with Crippen molar-refractivity contribution in [2.75, 3.05) is 0 Å². The van der Waals surface area contributed by atoms with Crippen LogP contribution >= 0.6 is 22.6 Å². The molecule has 0 fully saturated rings. The Kier molecular flexibility index (Phi) is 5.13. The molecule has 0 aromatic heterocycles. The van der Waals surface area contributed by atoms with Gasteiger partial charge in [-0.05, 0) is 43.7 Å². The van der Waals surface area contributed by atoms with Gasteiger partial charge in [0, 0.05) is 12.3 Å². The average Bonchev–Trinajstić information content (AvgIpc) is 2.79. The summed E-state index contributed by atoms with van der Waals surface area (Å²) in [5.74, 6) is 0.324. The van der Waals surface area contributed by atoms with E-state index in [0.29, 0.717) is 6.42 Å². The number of nitriles is 2. The minimum Gasteiger partial charge on any atom is -0.196 e. The van der Waals surface area contributed by atoms with Gasteiger partial charge in [-0.15, -0.1) is 0 Å². The maximum atomic E-state index is 10.0. The first-order valence-corrected chi connectivity index (χ1v) is 10.1. The first kappa shape index (κ1) is 18.9. The summed E-state index contributed by atoms with van der Waals surface area (Å²) in [7, 11) is 0. The van der Waals surface area contributed by atoms with Crippen molar-refractivity contribution in [3.63, 3.8) is 0 Å². The van der Waals surface area contributed by atoms with Gasteiger partial charge in [-0.1, -0.05) is 82.8 Å². The van der Waals surface area contributed by atoms with Crippen LogP contribution in [0.5, 0.6) is 0 Å². The van der Waals surface area contributed by atoms with Gasteiger partial charge in [0.05, 0.1) is 15.6 Å². The lowest BCUT2D eigenvalue weighted by atomic mass is 9.60. The molecular formula is C23H23IN2. The molecule has 1 aromatic carbocycles. The van der Waals surface area contributed by atoms with Crippen molar-refractivity contribution in [3.8, 4) is 12.1 Å².